The van der Waals surface area contributed by atoms with Crippen molar-refractivity contribution in [3.05, 3.63) is 35.9 Å². The fourth-order valence-corrected chi connectivity index (χ4v) is 3.21. The quantitative estimate of drug-likeness (QED) is 0.244. The van der Waals surface area contributed by atoms with Crippen molar-refractivity contribution in [1.29, 1.82) is 0 Å². The molecule has 1 heterocycles. The highest BCUT2D eigenvalue weighted by molar-refractivity contribution is 14.0. The number of likely N-dealkylation sites (tertiary alicyclic amines) is 1. The first-order chi connectivity index (χ1) is 13.1. The van der Waals surface area contributed by atoms with Gasteiger partial charge in [0.15, 0.2) is 5.96 Å². The van der Waals surface area contributed by atoms with Crippen molar-refractivity contribution in [3.8, 4) is 0 Å². The van der Waals surface area contributed by atoms with Gasteiger partial charge in [-0.1, -0.05) is 30.3 Å². The summed E-state index contributed by atoms with van der Waals surface area (Å²) in [5.74, 6) is 1.48. The Kier molecular flexibility index (Phi) is 12.1. The Hall–Kier alpha value is -1.35. The van der Waals surface area contributed by atoms with Crippen LogP contribution in [0, 0.1) is 5.92 Å². The number of rotatable bonds is 9. The van der Waals surface area contributed by atoms with Crippen LogP contribution >= 0.6 is 24.0 Å². The molecule has 0 aromatic heterocycles. The van der Waals surface area contributed by atoms with Crippen molar-refractivity contribution in [3.63, 3.8) is 0 Å². The van der Waals surface area contributed by atoms with E-state index in [1.165, 1.54) is 5.56 Å². The molecule has 0 spiro atoms. The Morgan fingerprint density at radius 2 is 2.07 bits per heavy atom. The van der Waals surface area contributed by atoms with Gasteiger partial charge >= 0.3 is 0 Å². The molecule has 0 aliphatic carbocycles. The number of halogens is 1. The molecule has 1 unspecified atom stereocenters. The molecule has 1 aliphatic rings. The maximum atomic E-state index is 11.9. The molecule has 6 nitrogen and oxygen atoms in total. The van der Waals surface area contributed by atoms with Crippen molar-refractivity contribution < 1.29 is 9.53 Å². The second-order valence-electron chi connectivity index (χ2n) is 7.20. The molecule has 1 aromatic rings. The number of nitrogens with zero attached hydrogens (tertiary/aromatic N) is 3. The lowest BCUT2D eigenvalue weighted by molar-refractivity contribution is -0.127. The summed E-state index contributed by atoms with van der Waals surface area (Å²) in [5, 5.41) is 3.42. The molecule has 1 amide bonds. The van der Waals surface area contributed by atoms with Crippen molar-refractivity contribution in [2.75, 3.05) is 53.5 Å². The lowest BCUT2D eigenvalue weighted by Crippen LogP contribution is -2.41. The van der Waals surface area contributed by atoms with Crippen LogP contribution in [0.3, 0.4) is 0 Å². The standard InChI is InChI=1S/C21H34N4O2.HI/c1-4-27-14-8-12-22-21(23-16-20(26)24(2)3)25-13-11-19(17-25)15-18-9-6-5-7-10-18;/h5-7,9-10,19H,4,8,11-17H2,1-3H3,(H,22,23);1H. The highest BCUT2D eigenvalue weighted by Crippen LogP contribution is 2.20. The summed E-state index contributed by atoms with van der Waals surface area (Å²) in [6.45, 7) is 6.42. The number of hydrogen-bond acceptors (Lipinski definition) is 3. The number of guanidine groups is 1. The lowest BCUT2D eigenvalue weighted by Gasteiger charge is -2.22. The van der Waals surface area contributed by atoms with Gasteiger partial charge in [0.25, 0.3) is 0 Å². The monoisotopic (exact) mass is 502 g/mol. The molecule has 2 rings (SSSR count). The molecule has 1 N–H and O–H groups in total. The molecule has 1 saturated heterocycles. The topological polar surface area (TPSA) is 57.2 Å². The molecule has 1 fully saturated rings. The number of hydrogen-bond donors (Lipinski definition) is 1. The minimum atomic E-state index is 0. The van der Waals surface area contributed by atoms with E-state index >= 15 is 0 Å². The molecule has 0 radical (unpaired) electrons. The Balaban J connectivity index is 0.00000392. The van der Waals surface area contributed by atoms with Crippen LogP contribution in [-0.4, -0.2) is 75.2 Å². The molecule has 1 aliphatic heterocycles. The van der Waals surface area contributed by atoms with Crippen LogP contribution < -0.4 is 5.32 Å². The normalized spacial score (nSPS) is 16.6. The average Bonchev–Trinajstić information content (AvgIpc) is 3.12. The van der Waals surface area contributed by atoms with E-state index in [4.69, 9.17) is 4.74 Å². The first-order valence-electron chi connectivity index (χ1n) is 9.95. The van der Waals surface area contributed by atoms with Crippen LogP contribution in [0.5, 0.6) is 0 Å². The highest BCUT2D eigenvalue weighted by atomic mass is 127. The number of likely N-dealkylation sites (N-methyl/N-ethyl adjacent to an activating group) is 1. The first kappa shape index (κ1) is 24.7. The summed E-state index contributed by atoms with van der Waals surface area (Å²) in [6.07, 6.45) is 3.16. The summed E-state index contributed by atoms with van der Waals surface area (Å²) < 4.78 is 5.40. The third-order valence-electron chi connectivity index (χ3n) is 4.77. The van der Waals surface area contributed by atoms with E-state index < -0.39 is 0 Å². The number of aliphatic imine (C=N–C) groups is 1. The van der Waals surface area contributed by atoms with Gasteiger partial charge in [-0.3, -0.25) is 4.79 Å². The maximum absolute atomic E-state index is 11.9. The smallest absolute Gasteiger partial charge is 0.243 e. The summed E-state index contributed by atoms with van der Waals surface area (Å²) in [5.41, 5.74) is 1.38. The highest BCUT2D eigenvalue weighted by Gasteiger charge is 2.25. The third kappa shape index (κ3) is 8.77. The van der Waals surface area contributed by atoms with Gasteiger partial charge < -0.3 is 19.9 Å². The van der Waals surface area contributed by atoms with Crippen molar-refractivity contribution in [2.24, 2.45) is 10.9 Å². The largest absolute Gasteiger partial charge is 0.382 e. The lowest BCUT2D eigenvalue weighted by atomic mass is 9.99. The summed E-state index contributed by atoms with van der Waals surface area (Å²) in [7, 11) is 3.53. The minimum absolute atomic E-state index is 0. The Morgan fingerprint density at radius 3 is 2.75 bits per heavy atom. The van der Waals surface area contributed by atoms with Gasteiger partial charge in [-0.05, 0) is 37.7 Å². The van der Waals surface area contributed by atoms with Crippen molar-refractivity contribution >= 4 is 35.8 Å². The Labute approximate surface area is 186 Å². The predicted octanol–water partition coefficient (Wildman–Crippen LogP) is 2.63. The van der Waals surface area contributed by atoms with Gasteiger partial charge in [0, 0.05) is 46.9 Å². The average molecular weight is 502 g/mol. The molecule has 7 heteroatoms. The number of nitrogens with one attached hydrogen (secondary N) is 1. The number of amides is 1. The van der Waals surface area contributed by atoms with Crippen LogP contribution in [0.1, 0.15) is 25.3 Å². The number of benzene rings is 1. The van der Waals surface area contributed by atoms with Crippen molar-refractivity contribution in [2.45, 2.75) is 26.2 Å². The van der Waals surface area contributed by atoms with Crippen LogP contribution in [-0.2, 0) is 16.0 Å². The summed E-state index contributed by atoms with van der Waals surface area (Å²) in [4.78, 5) is 20.4. The van der Waals surface area contributed by atoms with Gasteiger partial charge in [-0.2, -0.15) is 0 Å². The zero-order valence-corrected chi connectivity index (χ0v) is 19.7. The number of carbonyl (C=O) groups is 1. The van der Waals surface area contributed by atoms with Crippen LogP contribution in [0.25, 0.3) is 0 Å². The van der Waals surface area contributed by atoms with E-state index in [1.807, 2.05) is 6.92 Å². The first-order valence-corrected chi connectivity index (χ1v) is 9.95. The van der Waals surface area contributed by atoms with E-state index in [-0.39, 0.29) is 36.4 Å². The van der Waals surface area contributed by atoms with Gasteiger partial charge in [-0.15, -0.1) is 24.0 Å². The molecule has 28 heavy (non-hydrogen) atoms. The molecule has 1 atom stereocenters. The Morgan fingerprint density at radius 1 is 1.32 bits per heavy atom. The zero-order valence-electron chi connectivity index (χ0n) is 17.4. The molecule has 1 aromatic carbocycles. The van der Waals surface area contributed by atoms with E-state index in [0.717, 1.165) is 58.1 Å². The van der Waals surface area contributed by atoms with E-state index in [0.29, 0.717) is 5.92 Å². The van der Waals surface area contributed by atoms with Crippen LogP contribution in [0.2, 0.25) is 0 Å². The maximum Gasteiger partial charge on any atom is 0.243 e. The fourth-order valence-electron chi connectivity index (χ4n) is 3.21. The van der Waals surface area contributed by atoms with Gasteiger partial charge in [0.2, 0.25) is 5.91 Å². The number of ether oxygens (including phenoxy) is 1. The third-order valence-corrected chi connectivity index (χ3v) is 4.77. The summed E-state index contributed by atoms with van der Waals surface area (Å²) >= 11 is 0. The van der Waals surface area contributed by atoms with Crippen molar-refractivity contribution in [1.82, 2.24) is 15.1 Å². The Bertz CT molecular complexity index is 595. The van der Waals surface area contributed by atoms with Gasteiger partial charge in [0.05, 0.1) is 0 Å². The number of carbonyl (C=O) groups excluding carboxylic acids is 1. The molecular weight excluding hydrogens is 467 g/mol. The fraction of sp³-hybridized carbons (Fsp3) is 0.619. The van der Waals surface area contributed by atoms with Gasteiger partial charge in [0.1, 0.15) is 6.54 Å². The van der Waals surface area contributed by atoms with Crippen LogP contribution in [0.4, 0.5) is 0 Å². The molecule has 0 bridgehead atoms. The molecule has 158 valence electrons. The van der Waals surface area contributed by atoms with Gasteiger partial charge in [-0.25, -0.2) is 4.99 Å². The second kappa shape index (κ2) is 13.8. The SMILES string of the molecule is CCOCCCNC(=NCC(=O)N(C)C)N1CCC(Cc2ccccc2)C1.I. The van der Waals surface area contributed by atoms with E-state index in [2.05, 4.69) is 45.5 Å². The predicted molar refractivity (Wildman–Crippen MR) is 125 cm³/mol. The van der Waals surface area contributed by atoms with E-state index in [9.17, 15) is 4.79 Å². The molecule has 0 saturated carbocycles. The second-order valence-corrected chi connectivity index (χ2v) is 7.20. The van der Waals surface area contributed by atoms with Crippen LogP contribution in [0.15, 0.2) is 35.3 Å². The minimum Gasteiger partial charge on any atom is -0.382 e. The molecular formula is C21H35IN4O2. The summed E-state index contributed by atoms with van der Waals surface area (Å²) in [6, 6.07) is 10.6. The zero-order chi connectivity index (χ0) is 19.5. The van der Waals surface area contributed by atoms with E-state index in [1.54, 1.807) is 19.0 Å².